The highest BCUT2D eigenvalue weighted by molar-refractivity contribution is 6.08. The van der Waals surface area contributed by atoms with E-state index in [1.165, 1.54) is 62.5 Å². The minimum Gasteiger partial charge on any atom is -0.357 e. The molecule has 4 nitrogen and oxygen atoms in total. The Hall–Kier alpha value is -2.36. The molecular formula is C25H31N3O. The number of nitrogens with zero attached hydrogens (tertiary/aromatic N) is 3. The van der Waals surface area contributed by atoms with Crippen LogP contribution >= 0.6 is 0 Å². The van der Waals surface area contributed by atoms with E-state index >= 15 is 0 Å². The van der Waals surface area contributed by atoms with Gasteiger partial charge in [0.1, 0.15) is 5.82 Å². The number of carbonyl (C=O) groups excluding carboxylic acids is 1. The third-order valence-electron chi connectivity index (χ3n) is 7.20. The lowest BCUT2D eigenvalue weighted by molar-refractivity contribution is 0.0982. The molecule has 1 aliphatic carbocycles. The Morgan fingerprint density at radius 2 is 1.72 bits per heavy atom. The number of fused-ring (bicyclic) bond motifs is 2. The summed E-state index contributed by atoms with van der Waals surface area (Å²) < 4.78 is 0. The predicted molar refractivity (Wildman–Crippen MR) is 118 cm³/mol. The van der Waals surface area contributed by atoms with Crippen molar-refractivity contribution in [2.75, 3.05) is 29.4 Å². The van der Waals surface area contributed by atoms with Gasteiger partial charge in [0.2, 0.25) is 0 Å². The molecule has 2 fully saturated rings. The first-order valence-corrected chi connectivity index (χ1v) is 11.3. The third-order valence-corrected chi connectivity index (χ3v) is 7.20. The molecular weight excluding hydrogens is 358 g/mol. The number of piperidine rings is 1. The normalized spacial score (nSPS) is 20.7. The molecule has 5 rings (SSSR count). The van der Waals surface area contributed by atoms with Gasteiger partial charge >= 0.3 is 0 Å². The SMILES string of the molecule is Cc1ccc2c(c1)C1(CCCCC1)CN2C(=O)c1ccnc(N2CCCCC2)c1. The molecule has 1 aromatic carbocycles. The summed E-state index contributed by atoms with van der Waals surface area (Å²) in [5.41, 5.74) is 4.73. The number of hydrogen-bond acceptors (Lipinski definition) is 3. The Morgan fingerprint density at radius 1 is 0.966 bits per heavy atom. The standard InChI is InChI=1S/C25H31N3O/c1-19-8-9-22-21(16-19)25(11-4-2-5-12-25)18-28(22)24(29)20-10-13-26-23(17-20)27-14-6-3-7-15-27/h8-10,13,16-17H,2-7,11-12,14-15,18H2,1H3. The van der Waals surface area contributed by atoms with Crippen molar-refractivity contribution in [3.63, 3.8) is 0 Å². The third kappa shape index (κ3) is 3.33. The van der Waals surface area contributed by atoms with E-state index in [0.717, 1.165) is 36.7 Å². The molecule has 0 atom stereocenters. The van der Waals surface area contributed by atoms with E-state index < -0.39 is 0 Å². The summed E-state index contributed by atoms with van der Waals surface area (Å²) in [4.78, 5) is 22.6. The van der Waals surface area contributed by atoms with Crippen LogP contribution in [0.1, 0.15) is 72.9 Å². The molecule has 1 saturated carbocycles. The van der Waals surface area contributed by atoms with Crippen molar-refractivity contribution in [1.29, 1.82) is 0 Å². The predicted octanol–water partition coefficient (Wildman–Crippen LogP) is 5.24. The minimum atomic E-state index is 0.123. The largest absolute Gasteiger partial charge is 0.357 e. The Bertz CT molecular complexity index is 910. The van der Waals surface area contributed by atoms with Crippen molar-refractivity contribution in [3.05, 3.63) is 53.2 Å². The lowest BCUT2D eigenvalue weighted by Gasteiger charge is -2.34. The number of anilines is 2. The van der Waals surface area contributed by atoms with E-state index in [0.29, 0.717) is 0 Å². The van der Waals surface area contributed by atoms with Gasteiger partial charge in [-0.15, -0.1) is 0 Å². The van der Waals surface area contributed by atoms with Crippen molar-refractivity contribution in [1.82, 2.24) is 4.98 Å². The molecule has 1 amide bonds. The Labute approximate surface area is 173 Å². The molecule has 152 valence electrons. The van der Waals surface area contributed by atoms with Gasteiger partial charge in [0, 0.05) is 42.5 Å². The van der Waals surface area contributed by atoms with Crippen LogP contribution in [-0.4, -0.2) is 30.5 Å². The van der Waals surface area contributed by atoms with Gasteiger partial charge in [-0.3, -0.25) is 4.79 Å². The van der Waals surface area contributed by atoms with Crippen LogP contribution in [0.15, 0.2) is 36.5 Å². The number of pyridine rings is 1. The van der Waals surface area contributed by atoms with Crippen LogP contribution in [0.3, 0.4) is 0 Å². The van der Waals surface area contributed by atoms with Crippen LogP contribution in [0, 0.1) is 6.92 Å². The van der Waals surface area contributed by atoms with E-state index in [9.17, 15) is 4.79 Å². The van der Waals surface area contributed by atoms with Crippen molar-refractivity contribution in [2.24, 2.45) is 0 Å². The first-order valence-electron chi connectivity index (χ1n) is 11.3. The molecule has 2 aromatic rings. The second kappa shape index (κ2) is 7.47. The number of rotatable bonds is 2. The van der Waals surface area contributed by atoms with Gasteiger partial charge in [0.15, 0.2) is 0 Å². The fraction of sp³-hybridized carbons (Fsp3) is 0.520. The number of carbonyl (C=O) groups is 1. The number of benzene rings is 1. The second-order valence-corrected chi connectivity index (χ2v) is 9.20. The zero-order chi connectivity index (χ0) is 19.8. The van der Waals surface area contributed by atoms with Gasteiger partial charge in [-0.1, -0.05) is 37.0 Å². The maximum Gasteiger partial charge on any atom is 0.258 e. The van der Waals surface area contributed by atoms with Crippen LogP contribution in [-0.2, 0) is 5.41 Å². The highest BCUT2D eigenvalue weighted by Crippen LogP contribution is 2.49. The maximum absolute atomic E-state index is 13.6. The van der Waals surface area contributed by atoms with Crippen LogP contribution < -0.4 is 9.80 Å². The van der Waals surface area contributed by atoms with E-state index in [4.69, 9.17) is 0 Å². The average molecular weight is 390 g/mol. The van der Waals surface area contributed by atoms with Gasteiger partial charge in [0.25, 0.3) is 5.91 Å². The summed E-state index contributed by atoms with van der Waals surface area (Å²) in [6, 6.07) is 10.5. The van der Waals surface area contributed by atoms with E-state index in [1.807, 2.05) is 12.1 Å². The molecule has 29 heavy (non-hydrogen) atoms. The first-order chi connectivity index (χ1) is 14.2. The van der Waals surface area contributed by atoms with Gasteiger partial charge in [-0.25, -0.2) is 4.98 Å². The lowest BCUT2D eigenvalue weighted by atomic mass is 9.70. The Morgan fingerprint density at radius 3 is 2.52 bits per heavy atom. The van der Waals surface area contributed by atoms with Crippen LogP contribution in [0.4, 0.5) is 11.5 Å². The minimum absolute atomic E-state index is 0.123. The van der Waals surface area contributed by atoms with Crippen molar-refractivity contribution in [3.8, 4) is 0 Å². The van der Waals surface area contributed by atoms with Gasteiger partial charge in [-0.2, -0.15) is 0 Å². The number of aromatic nitrogens is 1. The summed E-state index contributed by atoms with van der Waals surface area (Å²) >= 11 is 0. The number of amides is 1. The first kappa shape index (κ1) is 18.7. The highest BCUT2D eigenvalue weighted by atomic mass is 16.2. The fourth-order valence-electron chi connectivity index (χ4n) is 5.62. The molecule has 1 saturated heterocycles. The summed E-state index contributed by atoms with van der Waals surface area (Å²) in [6.45, 7) is 5.07. The smallest absolute Gasteiger partial charge is 0.258 e. The summed E-state index contributed by atoms with van der Waals surface area (Å²) in [6.07, 6.45) is 11.8. The highest BCUT2D eigenvalue weighted by Gasteiger charge is 2.45. The molecule has 0 N–H and O–H groups in total. The van der Waals surface area contributed by atoms with Crippen LogP contribution in [0.2, 0.25) is 0 Å². The summed E-state index contributed by atoms with van der Waals surface area (Å²) in [5, 5.41) is 0. The number of hydrogen-bond donors (Lipinski definition) is 0. The topological polar surface area (TPSA) is 36.4 Å². The monoisotopic (exact) mass is 389 g/mol. The molecule has 3 heterocycles. The lowest BCUT2D eigenvalue weighted by Crippen LogP contribution is -2.38. The molecule has 0 radical (unpaired) electrons. The van der Waals surface area contributed by atoms with E-state index in [1.54, 1.807) is 6.20 Å². The molecule has 2 aliphatic heterocycles. The fourth-order valence-corrected chi connectivity index (χ4v) is 5.62. The maximum atomic E-state index is 13.6. The number of aryl methyl sites for hydroxylation is 1. The summed E-state index contributed by atoms with van der Waals surface area (Å²) in [5.74, 6) is 1.07. The van der Waals surface area contributed by atoms with Crippen molar-refractivity contribution < 1.29 is 4.79 Å². The molecule has 0 unspecified atom stereocenters. The Balaban J connectivity index is 1.47. The molecule has 1 spiro atoms. The van der Waals surface area contributed by atoms with Gasteiger partial charge in [0.05, 0.1) is 0 Å². The zero-order valence-electron chi connectivity index (χ0n) is 17.5. The van der Waals surface area contributed by atoms with Crippen LogP contribution in [0.25, 0.3) is 0 Å². The van der Waals surface area contributed by atoms with Gasteiger partial charge in [-0.05, 0) is 62.8 Å². The molecule has 3 aliphatic rings. The second-order valence-electron chi connectivity index (χ2n) is 9.20. The summed E-state index contributed by atoms with van der Waals surface area (Å²) in [7, 11) is 0. The Kier molecular flexibility index (Phi) is 4.81. The molecule has 0 bridgehead atoms. The van der Waals surface area contributed by atoms with Crippen molar-refractivity contribution in [2.45, 2.75) is 63.7 Å². The molecule has 1 aromatic heterocycles. The van der Waals surface area contributed by atoms with E-state index in [2.05, 4.69) is 39.9 Å². The quantitative estimate of drug-likeness (QED) is 0.704. The molecule has 4 heteroatoms. The van der Waals surface area contributed by atoms with Crippen LogP contribution in [0.5, 0.6) is 0 Å². The zero-order valence-corrected chi connectivity index (χ0v) is 17.5. The van der Waals surface area contributed by atoms with Crippen molar-refractivity contribution >= 4 is 17.4 Å². The average Bonchev–Trinajstić information content (AvgIpc) is 3.07. The van der Waals surface area contributed by atoms with E-state index in [-0.39, 0.29) is 11.3 Å². The van der Waals surface area contributed by atoms with Gasteiger partial charge < -0.3 is 9.80 Å².